The second-order valence-electron chi connectivity index (χ2n) is 5.36. The van der Waals surface area contributed by atoms with Crippen LogP contribution in [-0.2, 0) is 4.74 Å². The van der Waals surface area contributed by atoms with E-state index in [2.05, 4.69) is 9.88 Å². The van der Waals surface area contributed by atoms with E-state index in [1.54, 1.807) is 7.11 Å². The molecule has 0 bridgehead atoms. The van der Waals surface area contributed by atoms with Crippen LogP contribution in [0.4, 0.5) is 0 Å². The summed E-state index contributed by atoms with van der Waals surface area (Å²) >= 11 is 0. The molecule has 0 saturated carbocycles. The lowest BCUT2D eigenvalue weighted by molar-refractivity contribution is 0.0358. The van der Waals surface area contributed by atoms with Crippen molar-refractivity contribution in [3.63, 3.8) is 0 Å². The first kappa shape index (κ1) is 15.1. The molecule has 0 spiro atoms. The molecular weight excluding hydrogens is 280 g/mol. The number of nitrogens with zero attached hydrogens (tertiary/aromatic N) is 2. The molecule has 0 aliphatic carbocycles. The summed E-state index contributed by atoms with van der Waals surface area (Å²) in [6.07, 6.45) is 1.02. The molecule has 1 aromatic heterocycles. The van der Waals surface area contributed by atoms with Gasteiger partial charge in [0.15, 0.2) is 0 Å². The number of methoxy groups -OCH3 is 1. The molecule has 0 unspecified atom stereocenters. The van der Waals surface area contributed by atoms with Gasteiger partial charge in [-0.15, -0.1) is 0 Å². The van der Waals surface area contributed by atoms with Crippen molar-refractivity contribution in [2.75, 3.05) is 46.6 Å². The van der Waals surface area contributed by atoms with Crippen LogP contribution in [0, 0.1) is 0 Å². The predicted molar refractivity (Wildman–Crippen MR) is 85.7 cm³/mol. The molecule has 2 heterocycles. The Kier molecular flexibility index (Phi) is 5.08. The smallest absolute Gasteiger partial charge is 0.213 e. The summed E-state index contributed by atoms with van der Waals surface area (Å²) in [5, 5.41) is 1.08. The molecule has 5 nitrogen and oxygen atoms in total. The summed E-state index contributed by atoms with van der Waals surface area (Å²) in [6.45, 7) is 5.52. The molecule has 3 rings (SSSR count). The Bertz CT molecular complexity index is 612. The third kappa shape index (κ3) is 3.87. The Morgan fingerprint density at radius 1 is 1.18 bits per heavy atom. The maximum atomic E-state index is 5.84. The fraction of sp³-hybridized carbons (Fsp3) is 0.471. The fourth-order valence-electron chi connectivity index (χ4n) is 2.58. The first-order valence-electron chi connectivity index (χ1n) is 7.73. The highest BCUT2D eigenvalue weighted by atomic mass is 16.5. The van der Waals surface area contributed by atoms with Crippen LogP contribution in [0.5, 0.6) is 11.6 Å². The van der Waals surface area contributed by atoms with Crippen molar-refractivity contribution in [3.05, 3.63) is 30.3 Å². The topological polar surface area (TPSA) is 43.8 Å². The van der Waals surface area contributed by atoms with Crippen molar-refractivity contribution < 1.29 is 14.2 Å². The van der Waals surface area contributed by atoms with Gasteiger partial charge in [-0.25, -0.2) is 4.98 Å². The summed E-state index contributed by atoms with van der Waals surface area (Å²) in [5.74, 6) is 1.48. The van der Waals surface area contributed by atoms with Crippen LogP contribution in [-0.4, -0.2) is 56.4 Å². The fourth-order valence-corrected chi connectivity index (χ4v) is 2.58. The normalized spacial score (nSPS) is 15.9. The molecule has 1 saturated heterocycles. The number of pyridine rings is 1. The highest BCUT2D eigenvalue weighted by Crippen LogP contribution is 2.21. The van der Waals surface area contributed by atoms with Crippen LogP contribution >= 0.6 is 0 Å². The first-order chi connectivity index (χ1) is 10.8. The van der Waals surface area contributed by atoms with E-state index in [0.717, 1.165) is 55.9 Å². The van der Waals surface area contributed by atoms with Gasteiger partial charge in [0.05, 0.1) is 32.4 Å². The minimum absolute atomic E-state index is 0.622. The standard InChI is InChI=1S/C17H22N2O3/c1-20-17-6-4-14-3-5-15(13-16(14)18-17)22-10-2-7-19-8-11-21-12-9-19/h3-6,13H,2,7-12H2,1H3. The number of aromatic nitrogens is 1. The number of morpholine rings is 1. The Morgan fingerprint density at radius 3 is 2.82 bits per heavy atom. The van der Waals surface area contributed by atoms with E-state index in [1.165, 1.54) is 0 Å². The minimum atomic E-state index is 0.622. The molecule has 22 heavy (non-hydrogen) atoms. The average Bonchev–Trinajstić information content (AvgIpc) is 2.59. The zero-order valence-electron chi connectivity index (χ0n) is 13.0. The molecule has 2 aromatic rings. The quantitative estimate of drug-likeness (QED) is 0.766. The summed E-state index contributed by atoms with van der Waals surface area (Å²) in [6, 6.07) is 9.85. The minimum Gasteiger partial charge on any atom is -0.493 e. The summed E-state index contributed by atoms with van der Waals surface area (Å²) < 4.78 is 16.3. The number of hydrogen-bond acceptors (Lipinski definition) is 5. The van der Waals surface area contributed by atoms with Crippen molar-refractivity contribution >= 4 is 10.9 Å². The van der Waals surface area contributed by atoms with E-state index in [1.807, 2.05) is 30.3 Å². The van der Waals surface area contributed by atoms with Crippen molar-refractivity contribution in [3.8, 4) is 11.6 Å². The highest BCUT2D eigenvalue weighted by molar-refractivity contribution is 5.80. The van der Waals surface area contributed by atoms with Crippen LogP contribution in [0.15, 0.2) is 30.3 Å². The van der Waals surface area contributed by atoms with Crippen LogP contribution < -0.4 is 9.47 Å². The van der Waals surface area contributed by atoms with E-state index < -0.39 is 0 Å². The molecular formula is C17H22N2O3. The highest BCUT2D eigenvalue weighted by Gasteiger charge is 2.09. The van der Waals surface area contributed by atoms with Gasteiger partial charge in [-0.2, -0.15) is 0 Å². The lowest BCUT2D eigenvalue weighted by Gasteiger charge is -2.26. The van der Waals surface area contributed by atoms with Gasteiger partial charge in [-0.1, -0.05) is 0 Å². The van der Waals surface area contributed by atoms with E-state index in [-0.39, 0.29) is 0 Å². The van der Waals surface area contributed by atoms with Gasteiger partial charge >= 0.3 is 0 Å². The van der Waals surface area contributed by atoms with Crippen LogP contribution in [0.3, 0.4) is 0 Å². The summed E-state index contributed by atoms with van der Waals surface area (Å²) in [7, 11) is 1.63. The number of rotatable bonds is 6. The number of benzene rings is 1. The Hall–Kier alpha value is -1.85. The van der Waals surface area contributed by atoms with Gasteiger partial charge in [0.25, 0.3) is 0 Å². The monoisotopic (exact) mass is 302 g/mol. The van der Waals surface area contributed by atoms with Crippen molar-refractivity contribution in [2.45, 2.75) is 6.42 Å². The van der Waals surface area contributed by atoms with Gasteiger partial charge in [0, 0.05) is 37.2 Å². The molecule has 1 aliphatic heterocycles. The van der Waals surface area contributed by atoms with Crippen molar-refractivity contribution in [2.24, 2.45) is 0 Å². The maximum Gasteiger partial charge on any atom is 0.213 e. The predicted octanol–water partition coefficient (Wildman–Crippen LogP) is 2.34. The SMILES string of the molecule is COc1ccc2ccc(OCCCN3CCOCC3)cc2n1. The zero-order chi connectivity index (χ0) is 15.2. The molecule has 1 aliphatic rings. The zero-order valence-corrected chi connectivity index (χ0v) is 13.0. The third-order valence-corrected chi connectivity index (χ3v) is 3.84. The molecule has 5 heteroatoms. The third-order valence-electron chi connectivity index (χ3n) is 3.84. The number of fused-ring (bicyclic) bond motifs is 1. The molecule has 1 aromatic carbocycles. The van der Waals surface area contributed by atoms with Crippen LogP contribution in [0.2, 0.25) is 0 Å². The molecule has 1 fully saturated rings. The van der Waals surface area contributed by atoms with Crippen LogP contribution in [0.25, 0.3) is 10.9 Å². The van der Waals surface area contributed by atoms with E-state index >= 15 is 0 Å². The second-order valence-corrected chi connectivity index (χ2v) is 5.36. The molecule has 0 amide bonds. The number of ether oxygens (including phenoxy) is 3. The van der Waals surface area contributed by atoms with E-state index in [9.17, 15) is 0 Å². The summed E-state index contributed by atoms with van der Waals surface area (Å²) in [5.41, 5.74) is 0.894. The molecule has 0 N–H and O–H groups in total. The lowest BCUT2D eigenvalue weighted by atomic mass is 10.2. The number of hydrogen-bond donors (Lipinski definition) is 0. The van der Waals surface area contributed by atoms with Gasteiger partial charge < -0.3 is 14.2 Å². The van der Waals surface area contributed by atoms with Crippen molar-refractivity contribution in [1.82, 2.24) is 9.88 Å². The summed E-state index contributed by atoms with van der Waals surface area (Å²) in [4.78, 5) is 6.85. The van der Waals surface area contributed by atoms with E-state index in [4.69, 9.17) is 14.2 Å². The molecule has 118 valence electrons. The Morgan fingerprint density at radius 2 is 2.00 bits per heavy atom. The first-order valence-corrected chi connectivity index (χ1v) is 7.73. The maximum absolute atomic E-state index is 5.84. The van der Waals surface area contributed by atoms with Crippen molar-refractivity contribution in [1.29, 1.82) is 0 Å². The Balaban J connectivity index is 1.52. The van der Waals surface area contributed by atoms with Gasteiger partial charge in [0.2, 0.25) is 5.88 Å². The van der Waals surface area contributed by atoms with Gasteiger partial charge in [-0.05, 0) is 24.6 Å². The largest absolute Gasteiger partial charge is 0.493 e. The second kappa shape index (κ2) is 7.42. The molecule has 0 radical (unpaired) electrons. The van der Waals surface area contributed by atoms with E-state index in [0.29, 0.717) is 12.5 Å². The van der Waals surface area contributed by atoms with Gasteiger partial charge in [0.1, 0.15) is 5.75 Å². The Labute approximate surface area is 130 Å². The van der Waals surface area contributed by atoms with Crippen LogP contribution in [0.1, 0.15) is 6.42 Å². The average molecular weight is 302 g/mol. The lowest BCUT2D eigenvalue weighted by Crippen LogP contribution is -2.37. The van der Waals surface area contributed by atoms with Gasteiger partial charge in [-0.3, -0.25) is 4.90 Å². The molecule has 0 atom stereocenters.